The number of nitrogens with one attached hydrogen (secondary N) is 1. The van der Waals surface area contributed by atoms with Crippen LogP contribution in [-0.2, 0) is 6.42 Å². The number of pyridine rings is 1. The molecule has 4 nitrogen and oxygen atoms in total. The molecule has 0 saturated heterocycles. The minimum Gasteiger partial charge on any atom is -0.304 e. The molecular formula is C19H20FN3O. The van der Waals surface area contributed by atoms with Crippen molar-refractivity contribution >= 4 is 17.1 Å². The fourth-order valence-corrected chi connectivity index (χ4v) is 6.41. The van der Waals surface area contributed by atoms with Gasteiger partial charge in [-0.2, -0.15) is 0 Å². The van der Waals surface area contributed by atoms with E-state index in [0.717, 1.165) is 48.0 Å². The van der Waals surface area contributed by atoms with E-state index in [-0.39, 0.29) is 11.7 Å². The van der Waals surface area contributed by atoms with Gasteiger partial charge in [-0.1, -0.05) is 12.2 Å². The van der Waals surface area contributed by atoms with E-state index in [2.05, 4.69) is 22.1 Å². The number of alkyl halides is 1. The molecule has 0 radical (unpaired) electrons. The van der Waals surface area contributed by atoms with Gasteiger partial charge in [0.15, 0.2) is 0 Å². The largest absolute Gasteiger partial charge is 0.326 e. The number of imidazole rings is 1. The van der Waals surface area contributed by atoms with Gasteiger partial charge in [0.25, 0.3) is 0 Å². The van der Waals surface area contributed by atoms with Crippen molar-refractivity contribution in [1.82, 2.24) is 14.5 Å². The lowest BCUT2D eigenvalue weighted by molar-refractivity contribution is -0.103. The van der Waals surface area contributed by atoms with E-state index in [4.69, 9.17) is 0 Å². The molecule has 4 fully saturated rings. The standard InChI is InChI=1S/C19H20FN3O/c20-19-6-10-4-11(7-19)16(12(5-10)8-19)23-17-13-2-1-3-14(13)21-9-15(17)22-18(23)24/h1-2,9-12,16H,3-8H2,(H,22,24). The molecule has 7 rings (SSSR count). The Hall–Kier alpha value is -1.91. The van der Waals surface area contributed by atoms with Crippen molar-refractivity contribution in [3.63, 3.8) is 0 Å². The summed E-state index contributed by atoms with van der Waals surface area (Å²) in [7, 11) is 0. The van der Waals surface area contributed by atoms with Gasteiger partial charge in [-0.3, -0.25) is 9.55 Å². The fraction of sp³-hybridized carbons (Fsp3) is 0.579. The predicted octanol–water partition coefficient (Wildman–Crippen LogP) is 3.38. The molecule has 2 aromatic rings. The van der Waals surface area contributed by atoms with Gasteiger partial charge in [0.2, 0.25) is 0 Å². The molecule has 0 amide bonds. The van der Waals surface area contributed by atoms with E-state index in [0.29, 0.717) is 30.6 Å². The summed E-state index contributed by atoms with van der Waals surface area (Å²) >= 11 is 0. The van der Waals surface area contributed by atoms with Crippen molar-refractivity contribution in [1.29, 1.82) is 0 Å². The van der Waals surface area contributed by atoms with Crippen LogP contribution in [0, 0.1) is 17.8 Å². The lowest BCUT2D eigenvalue weighted by atomic mass is 9.53. The van der Waals surface area contributed by atoms with Crippen LogP contribution < -0.4 is 5.69 Å². The molecule has 4 bridgehead atoms. The third-order valence-electron chi connectivity index (χ3n) is 6.91. The number of aromatic nitrogens is 3. The van der Waals surface area contributed by atoms with Crippen LogP contribution >= 0.6 is 0 Å². The van der Waals surface area contributed by atoms with Crippen LogP contribution in [0.25, 0.3) is 17.1 Å². The van der Waals surface area contributed by atoms with Gasteiger partial charge in [-0.05, 0) is 49.9 Å². The molecule has 2 unspecified atom stereocenters. The average molecular weight is 325 g/mol. The number of fused-ring (bicyclic) bond motifs is 3. The Morgan fingerprint density at radius 3 is 2.79 bits per heavy atom. The molecule has 2 heterocycles. The zero-order chi connectivity index (χ0) is 16.1. The van der Waals surface area contributed by atoms with E-state index >= 15 is 4.39 Å². The van der Waals surface area contributed by atoms with Gasteiger partial charge in [0, 0.05) is 18.0 Å². The Balaban J connectivity index is 1.58. The van der Waals surface area contributed by atoms with Gasteiger partial charge in [-0.15, -0.1) is 0 Å². The van der Waals surface area contributed by atoms with Crippen LogP contribution in [0.5, 0.6) is 0 Å². The Morgan fingerprint density at radius 2 is 2.04 bits per heavy atom. The molecule has 0 aliphatic heterocycles. The van der Waals surface area contributed by atoms with Crippen LogP contribution in [0.15, 0.2) is 17.1 Å². The van der Waals surface area contributed by atoms with E-state index in [1.165, 1.54) is 0 Å². The molecule has 124 valence electrons. The van der Waals surface area contributed by atoms with Crippen LogP contribution in [0.1, 0.15) is 49.4 Å². The molecule has 2 aromatic heterocycles. The third-order valence-corrected chi connectivity index (χ3v) is 6.91. The molecule has 1 N–H and O–H groups in total. The van der Waals surface area contributed by atoms with Gasteiger partial charge in [-0.25, -0.2) is 9.18 Å². The summed E-state index contributed by atoms with van der Waals surface area (Å²) in [4.78, 5) is 20.3. The van der Waals surface area contributed by atoms with Gasteiger partial charge >= 0.3 is 5.69 Å². The summed E-state index contributed by atoms with van der Waals surface area (Å²) in [6, 6.07) is 0.146. The number of allylic oxidation sites excluding steroid dienone is 1. The van der Waals surface area contributed by atoms with E-state index in [1.807, 2.05) is 4.57 Å². The van der Waals surface area contributed by atoms with Crippen LogP contribution in [0.4, 0.5) is 4.39 Å². The summed E-state index contributed by atoms with van der Waals surface area (Å²) in [5.41, 5.74) is 2.91. The molecule has 0 aromatic carbocycles. The summed E-state index contributed by atoms with van der Waals surface area (Å²) in [5, 5.41) is 0. The quantitative estimate of drug-likeness (QED) is 0.874. The zero-order valence-electron chi connectivity index (χ0n) is 13.5. The molecule has 0 spiro atoms. The molecule has 2 atom stereocenters. The maximum absolute atomic E-state index is 15.0. The SMILES string of the molecule is O=c1[nH]c2cnc3c(c2n1C1C2CC4CC1CC(F)(C4)C2)C=CC3. The number of rotatable bonds is 1. The van der Waals surface area contributed by atoms with Gasteiger partial charge < -0.3 is 4.98 Å². The van der Waals surface area contributed by atoms with Gasteiger partial charge in [0.05, 0.1) is 22.9 Å². The maximum Gasteiger partial charge on any atom is 0.326 e. The first-order valence-electron chi connectivity index (χ1n) is 9.09. The van der Waals surface area contributed by atoms with Crippen molar-refractivity contribution < 1.29 is 4.39 Å². The monoisotopic (exact) mass is 325 g/mol. The summed E-state index contributed by atoms with van der Waals surface area (Å²) in [6.45, 7) is 0. The molecule has 24 heavy (non-hydrogen) atoms. The number of halogens is 1. The van der Waals surface area contributed by atoms with Crippen LogP contribution in [0.2, 0.25) is 0 Å². The number of hydrogen-bond acceptors (Lipinski definition) is 2. The van der Waals surface area contributed by atoms with Crippen molar-refractivity contribution in [3.05, 3.63) is 34.0 Å². The van der Waals surface area contributed by atoms with Crippen molar-refractivity contribution in [3.8, 4) is 0 Å². The minimum absolute atomic E-state index is 0.0501. The maximum atomic E-state index is 15.0. The minimum atomic E-state index is -0.966. The first kappa shape index (κ1) is 13.4. The summed E-state index contributed by atoms with van der Waals surface area (Å²) in [6.07, 6.45) is 11.0. The zero-order valence-corrected chi connectivity index (χ0v) is 13.5. The van der Waals surface area contributed by atoms with E-state index in [1.54, 1.807) is 6.20 Å². The third kappa shape index (κ3) is 1.58. The van der Waals surface area contributed by atoms with Crippen molar-refractivity contribution in [2.75, 3.05) is 0 Å². The Morgan fingerprint density at radius 1 is 1.25 bits per heavy atom. The molecular weight excluding hydrogens is 305 g/mol. The highest BCUT2D eigenvalue weighted by Crippen LogP contribution is 2.61. The highest BCUT2D eigenvalue weighted by atomic mass is 19.1. The lowest BCUT2D eigenvalue weighted by Crippen LogP contribution is -2.54. The Kier molecular flexibility index (Phi) is 2.34. The smallest absolute Gasteiger partial charge is 0.304 e. The van der Waals surface area contributed by atoms with E-state index in [9.17, 15) is 4.79 Å². The Bertz CT molecular complexity index is 939. The van der Waals surface area contributed by atoms with Crippen molar-refractivity contribution in [2.45, 2.75) is 50.2 Å². The van der Waals surface area contributed by atoms with E-state index < -0.39 is 5.67 Å². The molecule has 5 aliphatic carbocycles. The Labute approximate surface area is 138 Å². The second kappa shape index (κ2) is 4.19. The first-order chi connectivity index (χ1) is 11.6. The molecule has 5 aliphatic rings. The normalized spacial score (nSPS) is 39.0. The summed E-state index contributed by atoms with van der Waals surface area (Å²) in [5.74, 6) is 1.12. The van der Waals surface area contributed by atoms with Crippen LogP contribution in [-0.4, -0.2) is 20.2 Å². The fourth-order valence-electron chi connectivity index (χ4n) is 6.41. The van der Waals surface area contributed by atoms with Crippen molar-refractivity contribution in [2.24, 2.45) is 17.8 Å². The number of aromatic amines is 1. The van der Waals surface area contributed by atoms with Gasteiger partial charge in [0.1, 0.15) is 5.67 Å². The molecule has 5 heteroatoms. The highest BCUT2D eigenvalue weighted by Gasteiger charge is 2.57. The number of hydrogen-bond donors (Lipinski definition) is 1. The molecule has 4 saturated carbocycles. The number of nitrogens with zero attached hydrogens (tertiary/aromatic N) is 2. The lowest BCUT2D eigenvalue weighted by Gasteiger charge is -2.57. The topological polar surface area (TPSA) is 50.7 Å². The second-order valence-corrected chi connectivity index (χ2v) is 8.40. The van der Waals surface area contributed by atoms with Crippen LogP contribution in [0.3, 0.4) is 0 Å². The predicted molar refractivity (Wildman–Crippen MR) is 89.5 cm³/mol. The average Bonchev–Trinajstić information content (AvgIpc) is 3.09. The first-order valence-corrected chi connectivity index (χ1v) is 9.09. The second-order valence-electron chi connectivity index (χ2n) is 8.40. The number of H-pyrrole nitrogens is 1. The summed E-state index contributed by atoms with van der Waals surface area (Å²) < 4.78 is 17.0. The highest BCUT2D eigenvalue weighted by molar-refractivity contribution is 5.87.